The third kappa shape index (κ3) is 2.46. The highest BCUT2D eigenvalue weighted by Gasteiger charge is 2.19. The van der Waals surface area contributed by atoms with Crippen LogP contribution < -0.4 is 5.32 Å². The number of hydrogen-bond acceptors (Lipinski definition) is 4. The van der Waals surface area contributed by atoms with Crippen molar-refractivity contribution < 1.29 is 4.42 Å². The maximum atomic E-state index is 5.52. The summed E-state index contributed by atoms with van der Waals surface area (Å²) in [5.41, 5.74) is 0.946. The zero-order chi connectivity index (χ0) is 11.7. The summed E-state index contributed by atoms with van der Waals surface area (Å²) in [6.45, 7) is 2.19. The van der Waals surface area contributed by atoms with Crippen LogP contribution in [-0.4, -0.2) is 18.1 Å². The van der Waals surface area contributed by atoms with Gasteiger partial charge in [0.1, 0.15) is 5.69 Å². The molecule has 0 bridgehead atoms. The van der Waals surface area contributed by atoms with Gasteiger partial charge in [-0.15, -0.1) is 11.3 Å². The van der Waals surface area contributed by atoms with Crippen LogP contribution in [0, 0.1) is 0 Å². The van der Waals surface area contributed by atoms with Crippen LogP contribution in [0.2, 0.25) is 0 Å². The highest BCUT2D eigenvalue weighted by molar-refractivity contribution is 9.10. The molecule has 3 nitrogen and oxygen atoms in total. The van der Waals surface area contributed by atoms with E-state index in [2.05, 4.69) is 31.6 Å². The van der Waals surface area contributed by atoms with Crippen LogP contribution >= 0.6 is 27.3 Å². The van der Waals surface area contributed by atoms with Crippen molar-refractivity contribution in [3.63, 3.8) is 0 Å². The molecule has 1 N–H and O–H groups in total. The molecule has 0 spiro atoms. The smallest absolute Gasteiger partial charge is 0.169 e. The molecule has 90 valence electrons. The van der Waals surface area contributed by atoms with Crippen molar-refractivity contribution in [2.75, 3.05) is 13.1 Å². The number of aromatic nitrogens is 1. The zero-order valence-corrected chi connectivity index (χ0v) is 11.7. The number of piperidine rings is 1. The highest BCUT2D eigenvalue weighted by Crippen LogP contribution is 2.31. The van der Waals surface area contributed by atoms with E-state index < -0.39 is 0 Å². The van der Waals surface area contributed by atoms with Crippen molar-refractivity contribution in [3.8, 4) is 11.5 Å². The first-order valence-corrected chi connectivity index (χ1v) is 7.42. The third-order valence-electron chi connectivity index (χ3n) is 2.99. The van der Waals surface area contributed by atoms with Gasteiger partial charge in [0, 0.05) is 17.8 Å². The van der Waals surface area contributed by atoms with Crippen LogP contribution in [0.15, 0.2) is 26.6 Å². The van der Waals surface area contributed by atoms with Gasteiger partial charge >= 0.3 is 0 Å². The first kappa shape index (κ1) is 11.4. The molecule has 0 saturated carbocycles. The Kier molecular flexibility index (Phi) is 3.31. The Morgan fingerprint density at radius 2 is 2.41 bits per heavy atom. The van der Waals surface area contributed by atoms with E-state index in [0.717, 1.165) is 29.2 Å². The van der Waals surface area contributed by atoms with Gasteiger partial charge < -0.3 is 9.73 Å². The molecule has 2 aromatic rings. The molecule has 0 aliphatic carbocycles. The topological polar surface area (TPSA) is 38.1 Å². The summed E-state index contributed by atoms with van der Waals surface area (Å²) in [7, 11) is 0. The second-order valence-electron chi connectivity index (χ2n) is 4.22. The van der Waals surface area contributed by atoms with E-state index in [1.165, 1.54) is 17.8 Å². The van der Waals surface area contributed by atoms with Crippen molar-refractivity contribution in [3.05, 3.63) is 27.2 Å². The van der Waals surface area contributed by atoms with E-state index in [1.54, 1.807) is 11.3 Å². The van der Waals surface area contributed by atoms with E-state index in [9.17, 15) is 0 Å². The molecule has 3 rings (SSSR count). The fourth-order valence-corrected chi connectivity index (χ4v) is 3.36. The van der Waals surface area contributed by atoms with E-state index >= 15 is 0 Å². The zero-order valence-electron chi connectivity index (χ0n) is 9.28. The Balaban J connectivity index is 1.82. The number of nitrogens with zero attached hydrogens (tertiary/aromatic N) is 1. The lowest BCUT2D eigenvalue weighted by Crippen LogP contribution is -2.28. The Hall–Kier alpha value is -0.650. The van der Waals surface area contributed by atoms with Crippen molar-refractivity contribution in [1.82, 2.24) is 10.3 Å². The maximum Gasteiger partial charge on any atom is 0.169 e. The average Bonchev–Trinajstić information content (AvgIpc) is 2.98. The van der Waals surface area contributed by atoms with Crippen LogP contribution in [0.25, 0.3) is 11.5 Å². The summed E-state index contributed by atoms with van der Waals surface area (Å²) in [5, 5.41) is 6.72. The van der Waals surface area contributed by atoms with E-state index in [-0.39, 0.29) is 0 Å². The standard InChI is InChI=1S/C12H13BrN2OS/c13-11-4-3-10(16-11)9-7-17-12(15-9)8-2-1-5-14-6-8/h3-4,7-8,14H,1-2,5-6H2. The highest BCUT2D eigenvalue weighted by atomic mass is 79.9. The second-order valence-corrected chi connectivity index (χ2v) is 5.89. The van der Waals surface area contributed by atoms with E-state index in [1.807, 2.05) is 12.1 Å². The molecule has 1 aliphatic rings. The summed E-state index contributed by atoms with van der Waals surface area (Å²) < 4.78 is 6.27. The lowest BCUT2D eigenvalue weighted by molar-refractivity contribution is 0.460. The first-order chi connectivity index (χ1) is 8.33. The van der Waals surface area contributed by atoms with Crippen LogP contribution in [0.4, 0.5) is 0 Å². The Bertz CT molecular complexity index is 502. The Morgan fingerprint density at radius 1 is 1.47 bits per heavy atom. The summed E-state index contributed by atoms with van der Waals surface area (Å²) in [6.07, 6.45) is 2.48. The molecular formula is C12H13BrN2OS. The van der Waals surface area contributed by atoms with Crippen molar-refractivity contribution in [1.29, 1.82) is 0 Å². The third-order valence-corrected chi connectivity index (χ3v) is 4.43. The van der Waals surface area contributed by atoms with Gasteiger partial charge in [0.2, 0.25) is 0 Å². The van der Waals surface area contributed by atoms with Gasteiger partial charge in [-0.3, -0.25) is 0 Å². The number of nitrogens with one attached hydrogen (secondary N) is 1. The molecule has 5 heteroatoms. The first-order valence-electron chi connectivity index (χ1n) is 5.75. The minimum absolute atomic E-state index is 0.570. The fourth-order valence-electron chi connectivity index (χ4n) is 2.10. The summed E-state index contributed by atoms with van der Waals surface area (Å²) >= 11 is 5.05. The molecule has 0 aromatic carbocycles. The molecule has 2 aromatic heterocycles. The summed E-state index contributed by atoms with van der Waals surface area (Å²) in [5.74, 6) is 1.41. The maximum absolute atomic E-state index is 5.52. The van der Waals surface area contributed by atoms with Gasteiger partial charge in [-0.25, -0.2) is 4.98 Å². The largest absolute Gasteiger partial charge is 0.448 e. The normalized spacial score (nSPS) is 20.6. The van der Waals surface area contributed by atoms with Crippen molar-refractivity contribution in [2.24, 2.45) is 0 Å². The van der Waals surface area contributed by atoms with Gasteiger partial charge in [-0.2, -0.15) is 0 Å². The predicted molar refractivity (Wildman–Crippen MR) is 72.4 cm³/mol. The van der Waals surface area contributed by atoms with Gasteiger partial charge in [-0.1, -0.05) is 0 Å². The minimum Gasteiger partial charge on any atom is -0.448 e. The van der Waals surface area contributed by atoms with Crippen molar-refractivity contribution >= 4 is 27.3 Å². The molecule has 1 saturated heterocycles. The molecule has 1 unspecified atom stereocenters. The molecule has 17 heavy (non-hydrogen) atoms. The number of rotatable bonds is 2. The number of hydrogen-bond donors (Lipinski definition) is 1. The Labute approximate surface area is 112 Å². The van der Waals surface area contributed by atoms with E-state index in [4.69, 9.17) is 4.42 Å². The second kappa shape index (κ2) is 4.92. The predicted octanol–water partition coefficient (Wildman–Crippen LogP) is 3.63. The minimum atomic E-state index is 0.570. The van der Waals surface area contributed by atoms with Gasteiger partial charge in [0.05, 0.1) is 5.01 Å². The van der Waals surface area contributed by atoms with Crippen LogP contribution in [-0.2, 0) is 0 Å². The molecule has 1 fully saturated rings. The van der Waals surface area contributed by atoms with Gasteiger partial charge in [-0.05, 0) is 47.4 Å². The summed E-state index contributed by atoms with van der Waals surface area (Å²) in [4.78, 5) is 4.68. The fraction of sp³-hybridized carbons (Fsp3) is 0.417. The molecule has 1 aliphatic heterocycles. The van der Waals surface area contributed by atoms with Gasteiger partial charge in [0.15, 0.2) is 10.4 Å². The Morgan fingerprint density at radius 3 is 3.12 bits per heavy atom. The molecule has 3 heterocycles. The lowest BCUT2D eigenvalue weighted by Gasteiger charge is -2.20. The van der Waals surface area contributed by atoms with Crippen molar-refractivity contribution in [2.45, 2.75) is 18.8 Å². The summed E-state index contributed by atoms with van der Waals surface area (Å²) in [6, 6.07) is 3.85. The quantitative estimate of drug-likeness (QED) is 0.920. The molecule has 1 atom stereocenters. The van der Waals surface area contributed by atoms with Gasteiger partial charge in [0.25, 0.3) is 0 Å². The number of furan rings is 1. The SMILES string of the molecule is Brc1ccc(-c2csc(C3CCCNC3)n2)o1. The van der Waals surface area contributed by atoms with Crippen LogP contribution in [0.1, 0.15) is 23.8 Å². The molecule has 0 amide bonds. The van der Waals surface area contributed by atoms with E-state index in [0.29, 0.717) is 5.92 Å². The monoisotopic (exact) mass is 312 g/mol. The average molecular weight is 313 g/mol. The number of thiazole rings is 1. The lowest BCUT2D eigenvalue weighted by atomic mass is 10.0. The van der Waals surface area contributed by atoms with Crippen LogP contribution in [0.3, 0.4) is 0 Å². The van der Waals surface area contributed by atoms with Crippen LogP contribution in [0.5, 0.6) is 0 Å². The number of halogens is 1. The molecular weight excluding hydrogens is 300 g/mol. The molecule has 0 radical (unpaired) electrons.